The molecular weight excluding hydrogens is 1700 g/mol. The van der Waals surface area contributed by atoms with Gasteiger partial charge in [-0.2, -0.15) is 46.7 Å². The lowest BCUT2D eigenvalue weighted by Crippen LogP contribution is -2.40. The van der Waals surface area contributed by atoms with Crippen LogP contribution >= 0.6 is 11.3 Å². The maximum atomic E-state index is 13.8. The van der Waals surface area contributed by atoms with Gasteiger partial charge in [-0.3, -0.25) is 50.1 Å². The fourth-order valence-corrected chi connectivity index (χ4v) is 16.5. The molecule has 22 rings (SSSR count). The van der Waals surface area contributed by atoms with Gasteiger partial charge in [0.15, 0.2) is 5.65 Å². The molecule has 0 spiro atoms. The van der Waals surface area contributed by atoms with E-state index in [2.05, 4.69) is 119 Å². The van der Waals surface area contributed by atoms with Crippen LogP contribution < -0.4 is 0 Å². The zero-order valence-corrected chi connectivity index (χ0v) is 70.5. The number of alkyl halides is 6. The van der Waals surface area contributed by atoms with Crippen molar-refractivity contribution in [3.63, 3.8) is 0 Å². The monoisotopic (exact) mass is 1770 g/mol. The van der Waals surface area contributed by atoms with Crippen molar-refractivity contribution < 1.29 is 54.6 Å². The first kappa shape index (κ1) is 85.8. The molecule has 11 aromatic heterocycles. The molecule has 20 nitrogen and oxygen atoms in total. The third-order valence-corrected chi connectivity index (χ3v) is 23.3. The van der Waals surface area contributed by atoms with Gasteiger partial charge in [-0.25, -0.2) is 23.5 Å². The van der Waals surface area contributed by atoms with Crippen LogP contribution in [0.2, 0.25) is 0 Å². The molecule has 0 bridgehead atoms. The minimum atomic E-state index is -4.40. The number of halogens is 8. The Bertz CT molecular complexity index is 7480. The summed E-state index contributed by atoms with van der Waals surface area (Å²) in [7, 11) is 0. The summed E-state index contributed by atoms with van der Waals surface area (Å²) in [6.45, 7) is 5.62. The molecule has 1 saturated heterocycles. The number of aromatic nitrogens is 15. The Labute approximate surface area is 745 Å². The van der Waals surface area contributed by atoms with Gasteiger partial charge in [0.1, 0.15) is 11.6 Å². The second-order valence-electron chi connectivity index (χ2n) is 31.1. The quantitative estimate of drug-likeness (QED) is 0.0672. The number of benzene rings is 9. The van der Waals surface area contributed by atoms with Crippen molar-refractivity contribution in [2.45, 2.75) is 45.0 Å². The third kappa shape index (κ3) is 18.9. The summed E-state index contributed by atoms with van der Waals surface area (Å²) >= 11 is 1.68. The molecule has 1 aliphatic heterocycles. The maximum absolute atomic E-state index is 13.8. The van der Waals surface area contributed by atoms with Gasteiger partial charge in [0.2, 0.25) is 0 Å². The van der Waals surface area contributed by atoms with Crippen molar-refractivity contribution in [2.75, 3.05) is 26.3 Å². The van der Waals surface area contributed by atoms with Crippen molar-refractivity contribution in [1.29, 1.82) is 0 Å². The van der Waals surface area contributed by atoms with E-state index in [1.807, 2.05) is 90.6 Å². The van der Waals surface area contributed by atoms with Crippen LogP contribution in [0.4, 0.5) is 35.1 Å². The number of aryl methyl sites for hydroxylation is 2. The van der Waals surface area contributed by atoms with E-state index in [-0.39, 0.29) is 23.1 Å². The number of nitrogens with one attached hydrogen (secondary N) is 4. The van der Waals surface area contributed by atoms with Crippen molar-refractivity contribution in [1.82, 2.24) is 80.6 Å². The second-order valence-corrected chi connectivity index (χ2v) is 32.0. The van der Waals surface area contributed by atoms with Gasteiger partial charge in [0, 0.05) is 133 Å². The summed E-state index contributed by atoms with van der Waals surface area (Å²) in [5.41, 5.74) is 23.3. The highest BCUT2D eigenvalue weighted by Crippen LogP contribution is 2.45. The molecule has 0 atom stereocenters. The predicted molar refractivity (Wildman–Crippen MR) is 490 cm³/mol. The number of thiazole rings is 1. The molecule has 0 radical (unpaired) electrons. The van der Waals surface area contributed by atoms with Gasteiger partial charge in [0.25, 0.3) is 5.91 Å². The van der Waals surface area contributed by atoms with Crippen LogP contribution in [0.3, 0.4) is 0 Å². The highest BCUT2D eigenvalue weighted by atomic mass is 32.1. The zero-order valence-electron chi connectivity index (χ0n) is 69.7. The summed E-state index contributed by atoms with van der Waals surface area (Å²) in [5.74, 6) is -0.865. The van der Waals surface area contributed by atoms with Crippen molar-refractivity contribution in [3.05, 3.63) is 355 Å². The van der Waals surface area contributed by atoms with Crippen molar-refractivity contribution in [3.8, 4) is 112 Å². The average Bonchev–Trinajstić information content (AvgIpc) is 1.73. The van der Waals surface area contributed by atoms with Gasteiger partial charge >= 0.3 is 18.3 Å². The lowest BCUT2D eigenvalue weighted by molar-refractivity contribution is -0.138. The molecule has 131 heavy (non-hydrogen) atoms. The summed E-state index contributed by atoms with van der Waals surface area (Å²) in [6, 6.07) is 69.3. The van der Waals surface area contributed by atoms with E-state index in [0.717, 1.165) is 113 Å². The lowest BCUT2D eigenvalue weighted by Gasteiger charge is -2.27. The zero-order chi connectivity index (χ0) is 90.4. The third-order valence-electron chi connectivity index (χ3n) is 22.5. The van der Waals surface area contributed by atoms with Crippen LogP contribution in [-0.2, 0) is 17.1 Å². The minimum Gasteiger partial charge on any atom is -0.478 e. The molecule has 29 heteroatoms. The van der Waals surface area contributed by atoms with E-state index in [1.165, 1.54) is 64.1 Å². The van der Waals surface area contributed by atoms with Crippen LogP contribution in [-0.4, -0.2) is 124 Å². The first-order valence-corrected chi connectivity index (χ1v) is 42.3. The topological polar surface area (TPSA) is 272 Å². The molecule has 1 saturated carbocycles. The minimum absolute atomic E-state index is 0.0533. The second kappa shape index (κ2) is 37.1. The Hall–Kier alpha value is -16.0. The number of rotatable bonds is 13. The number of aromatic amines is 4. The van der Waals surface area contributed by atoms with Crippen LogP contribution in [0.1, 0.15) is 67.3 Å². The molecule has 9 aromatic carbocycles. The number of carbonyl (C=O) groups excluding carboxylic acids is 1. The Morgan fingerprint density at radius 2 is 0.840 bits per heavy atom. The number of carboxylic acids is 1. The number of pyridine rings is 6. The van der Waals surface area contributed by atoms with Gasteiger partial charge < -0.3 is 14.7 Å². The highest BCUT2D eigenvalue weighted by molar-refractivity contribution is 7.16. The molecule has 2 aliphatic rings. The Kier molecular flexibility index (Phi) is 24.3. The Morgan fingerprint density at radius 1 is 0.405 bits per heavy atom. The van der Waals surface area contributed by atoms with Gasteiger partial charge in [-0.15, -0.1) is 11.3 Å². The number of hydrogen-bond donors (Lipinski definition) is 5. The number of amides is 1. The molecule has 1 aliphatic carbocycles. The number of morpholine rings is 1. The predicted octanol–water partition coefficient (Wildman–Crippen LogP) is 24.6. The number of hydrogen-bond acceptors (Lipinski definition) is 15. The van der Waals surface area contributed by atoms with E-state index in [0.29, 0.717) is 104 Å². The number of fused-ring (bicyclic) bond motifs is 5. The number of carbonyl (C=O) groups is 2. The SMILES string of the molecule is Cc1cc(-c2ncccc2-c2cc(C(=O)N3CCOCC3)c3[nH]ncc3c2)ccc1F.Cc1cc(-c2ncccc2-c2cc(C(=O)O)c3[nH]ncc3c2)ccc1F.FC(F)(F)c1cccc(-c2ncccc2-c2ccc3[nH]ncc3c2)c1.FC(F)(F)c1cccc(-c2ncccc2-c2cnc3[nH]ncc3c2)c1.c1cc(-c2ncccc2-c2ccc3ncsc3c2)cc(C2CC2)c1. The first-order chi connectivity index (χ1) is 63.6. The van der Waals surface area contributed by atoms with Crippen molar-refractivity contribution >= 4 is 77.2 Å². The van der Waals surface area contributed by atoms with E-state index < -0.39 is 29.4 Å². The molecule has 648 valence electrons. The largest absolute Gasteiger partial charge is 0.478 e. The lowest BCUT2D eigenvalue weighted by atomic mass is 9.95. The van der Waals surface area contributed by atoms with Gasteiger partial charge in [-0.1, -0.05) is 84.9 Å². The Balaban J connectivity index is 0.000000110. The number of H-pyrrole nitrogens is 4. The molecule has 12 heterocycles. The van der Waals surface area contributed by atoms with Crippen molar-refractivity contribution in [2.24, 2.45) is 0 Å². The van der Waals surface area contributed by atoms with Gasteiger partial charge in [-0.05, 0) is 223 Å². The van der Waals surface area contributed by atoms with Crippen LogP contribution in [0.25, 0.3) is 166 Å². The first-order valence-electron chi connectivity index (χ1n) is 41.4. The maximum Gasteiger partial charge on any atom is 0.416 e. The Morgan fingerprint density at radius 3 is 1.37 bits per heavy atom. The normalized spacial score (nSPS) is 12.6. The number of aromatic carboxylic acids is 1. The molecule has 2 fully saturated rings. The van der Waals surface area contributed by atoms with Crippen LogP contribution in [0, 0.1) is 25.5 Å². The molecule has 0 unspecified atom stereocenters. The number of ether oxygens (including phenoxy) is 1. The standard InChI is InChI=1S/C24H21FN4O2.C21H16N2S.C20H14FN3O2.C19H12F3N3.C18H11F3N4/c1-15-11-16(4-5-21(15)25)22-19(3-2-6-26-22)17-12-18-14-27-28-23(18)20(13-17)24(30)29-7-9-31-10-8-29;1-3-15(14-6-7-14)11-17(4-1)21-18(5-2-10-22-21)16-8-9-19-20(12-16)24-13-23-19;1-11-7-12(4-5-17(11)21)18-15(3-2-6-22-18)13-8-14-10-23-24-19(14)16(9-13)20(25)26;20-19(21,22)15-4-1-3-13(10-15)18-16(5-2-8-23-18)12-6-7-17-14(9-12)11-24-25-17;19-18(20,21)14-4-1-3-11(8-14)16-15(5-2-6-22-16)12-7-13-10-24-25-17(13)23-9-12/h2-6,11-14H,7-10H2,1H3,(H,27,28);1-5,8-14H,6-7H2;2-10H,1H3,(H,23,24)(H,25,26);1-11H,(H,24,25);1-10H,(H,23,24,25). The van der Waals surface area contributed by atoms with Gasteiger partial charge in [0.05, 0.1) is 121 Å². The molecule has 5 N–H and O–H groups in total. The smallest absolute Gasteiger partial charge is 0.416 e. The van der Waals surface area contributed by atoms with Crippen LogP contribution in [0.15, 0.2) is 304 Å². The van der Waals surface area contributed by atoms with Crippen LogP contribution in [0.5, 0.6) is 0 Å². The average molecular weight is 1770 g/mol. The summed E-state index contributed by atoms with van der Waals surface area (Å²) in [6.07, 6.45) is 10.5. The summed E-state index contributed by atoms with van der Waals surface area (Å²) in [4.78, 5) is 57.7. The van der Waals surface area contributed by atoms with E-state index >= 15 is 0 Å². The fraction of sp³-hybridized carbons (Fsp3) is 0.108. The fourth-order valence-electron chi connectivity index (χ4n) is 15.8. The van der Waals surface area contributed by atoms with E-state index in [9.17, 15) is 49.8 Å². The molecule has 1 amide bonds. The highest BCUT2D eigenvalue weighted by Gasteiger charge is 2.33. The number of carboxylic acid groups (broad SMARTS) is 1. The summed E-state index contributed by atoms with van der Waals surface area (Å²) < 4.78 is 112. The number of nitrogens with zero attached hydrogens (tertiary/aromatic N) is 12. The molecule has 20 aromatic rings. The summed E-state index contributed by atoms with van der Waals surface area (Å²) in [5, 5.41) is 40.1. The molecular formula is C102H74F8N16O4S. The van der Waals surface area contributed by atoms with E-state index in [4.69, 9.17) is 9.72 Å². The van der Waals surface area contributed by atoms with E-state index in [1.54, 1.807) is 147 Å².